The molecular weight excluding hydrogens is 339 g/mol. The van der Waals surface area contributed by atoms with Crippen molar-refractivity contribution in [2.24, 2.45) is 0 Å². The van der Waals surface area contributed by atoms with Crippen LogP contribution in [-0.4, -0.2) is 23.8 Å². The summed E-state index contributed by atoms with van der Waals surface area (Å²) < 4.78 is 18.9. The van der Waals surface area contributed by atoms with E-state index in [9.17, 15) is 9.18 Å². The second-order valence-corrected chi connectivity index (χ2v) is 7.07. The summed E-state index contributed by atoms with van der Waals surface area (Å²) in [6.45, 7) is 6.13. The molecule has 6 heteroatoms. The summed E-state index contributed by atoms with van der Waals surface area (Å²) in [6.07, 6.45) is 0.484. The van der Waals surface area contributed by atoms with Crippen molar-refractivity contribution in [3.63, 3.8) is 0 Å². The van der Waals surface area contributed by atoms with E-state index in [1.54, 1.807) is 6.07 Å². The van der Waals surface area contributed by atoms with Gasteiger partial charge in [0.25, 0.3) is 0 Å². The number of hydrogen-bond acceptors (Lipinski definition) is 3. The number of amides is 1. The maximum absolute atomic E-state index is 13.0. The van der Waals surface area contributed by atoms with Gasteiger partial charge in [0.15, 0.2) is 0 Å². The molecule has 1 fully saturated rings. The average Bonchev–Trinajstić information content (AvgIpc) is 3.03. The van der Waals surface area contributed by atoms with E-state index in [0.29, 0.717) is 6.54 Å². The predicted molar refractivity (Wildman–Crippen MR) is 82.5 cm³/mol. The monoisotopic (exact) mass is 358 g/mol. The second kappa shape index (κ2) is 6.32. The molecule has 2 unspecified atom stereocenters. The van der Waals surface area contributed by atoms with Crippen molar-refractivity contribution in [2.75, 3.05) is 0 Å². The quantitative estimate of drug-likeness (QED) is 0.867. The van der Waals surface area contributed by atoms with Gasteiger partial charge in [0.2, 0.25) is 0 Å². The minimum Gasteiger partial charge on any atom is -0.444 e. The molecule has 0 radical (unpaired) electrons. The number of hydrogen-bond donors (Lipinski definition) is 2. The van der Waals surface area contributed by atoms with Gasteiger partial charge >= 0.3 is 6.09 Å². The normalized spacial score (nSPS) is 21.0. The molecule has 1 aliphatic carbocycles. The molecular formula is C15H20BrFN2O2. The van der Waals surface area contributed by atoms with Gasteiger partial charge in [-0.1, -0.05) is 22.0 Å². The molecule has 21 heavy (non-hydrogen) atoms. The Bertz CT molecular complexity index is 531. The Hall–Kier alpha value is -1.14. The molecule has 0 aliphatic heterocycles. The SMILES string of the molecule is CC(C)(C)OC(=O)NC1CC1NCc1ccc(F)cc1Br. The Morgan fingerprint density at radius 1 is 1.43 bits per heavy atom. The fourth-order valence-electron chi connectivity index (χ4n) is 1.95. The Morgan fingerprint density at radius 3 is 2.76 bits per heavy atom. The van der Waals surface area contributed by atoms with Crippen molar-refractivity contribution in [2.45, 2.75) is 51.4 Å². The molecule has 2 atom stereocenters. The number of alkyl carbamates (subject to hydrolysis) is 1. The highest BCUT2D eigenvalue weighted by Crippen LogP contribution is 2.24. The first kappa shape index (κ1) is 16.2. The van der Waals surface area contributed by atoms with Crippen LogP contribution in [0, 0.1) is 5.82 Å². The van der Waals surface area contributed by atoms with Gasteiger partial charge in [0.05, 0.1) is 0 Å². The van der Waals surface area contributed by atoms with Gasteiger partial charge in [-0.05, 0) is 44.9 Å². The second-order valence-electron chi connectivity index (χ2n) is 6.21. The maximum atomic E-state index is 13.0. The zero-order chi connectivity index (χ0) is 15.6. The summed E-state index contributed by atoms with van der Waals surface area (Å²) in [6, 6.07) is 4.95. The van der Waals surface area contributed by atoms with Gasteiger partial charge in [-0.3, -0.25) is 0 Å². The third kappa shape index (κ3) is 5.28. The number of benzene rings is 1. The molecule has 0 spiro atoms. The minimum atomic E-state index is -0.485. The lowest BCUT2D eigenvalue weighted by atomic mass is 10.2. The molecule has 2 N–H and O–H groups in total. The van der Waals surface area contributed by atoms with E-state index in [1.165, 1.54) is 12.1 Å². The van der Waals surface area contributed by atoms with Crippen LogP contribution in [0.3, 0.4) is 0 Å². The van der Waals surface area contributed by atoms with E-state index in [4.69, 9.17) is 4.74 Å². The van der Waals surface area contributed by atoms with Gasteiger partial charge in [-0.25, -0.2) is 9.18 Å². The average molecular weight is 359 g/mol. The van der Waals surface area contributed by atoms with Gasteiger partial charge in [-0.2, -0.15) is 0 Å². The lowest BCUT2D eigenvalue weighted by molar-refractivity contribution is 0.0522. The largest absolute Gasteiger partial charge is 0.444 e. The van der Waals surface area contributed by atoms with Crippen LogP contribution < -0.4 is 10.6 Å². The number of nitrogens with one attached hydrogen (secondary N) is 2. The number of carbonyl (C=O) groups is 1. The highest BCUT2D eigenvalue weighted by Gasteiger charge is 2.38. The fraction of sp³-hybridized carbons (Fsp3) is 0.533. The third-order valence-electron chi connectivity index (χ3n) is 3.06. The van der Waals surface area contributed by atoms with Gasteiger partial charge in [-0.15, -0.1) is 0 Å². The van der Waals surface area contributed by atoms with Crippen LogP contribution >= 0.6 is 15.9 Å². The molecule has 4 nitrogen and oxygen atoms in total. The number of rotatable bonds is 4. The first-order valence-electron chi connectivity index (χ1n) is 6.91. The van der Waals surface area contributed by atoms with Gasteiger partial charge in [0, 0.05) is 23.1 Å². The molecule has 1 aromatic rings. The van der Waals surface area contributed by atoms with E-state index in [1.807, 2.05) is 20.8 Å². The summed E-state index contributed by atoms with van der Waals surface area (Å²) in [5, 5.41) is 6.15. The van der Waals surface area contributed by atoms with Crippen molar-refractivity contribution in [3.8, 4) is 0 Å². The molecule has 0 heterocycles. The van der Waals surface area contributed by atoms with Crippen LogP contribution in [0.25, 0.3) is 0 Å². The molecule has 116 valence electrons. The van der Waals surface area contributed by atoms with Crippen molar-refractivity contribution in [1.82, 2.24) is 10.6 Å². The molecule has 1 aromatic carbocycles. The third-order valence-corrected chi connectivity index (χ3v) is 3.80. The first-order valence-corrected chi connectivity index (χ1v) is 7.71. The van der Waals surface area contributed by atoms with Gasteiger partial charge in [0.1, 0.15) is 11.4 Å². The van der Waals surface area contributed by atoms with Gasteiger partial charge < -0.3 is 15.4 Å². The smallest absolute Gasteiger partial charge is 0.407 e. The Labute approximate surface area is 132 Å². The molecule has 0 aromatic heterocycles. The molecule has 1 aliphatic rings. The van der Waals surface area contributed by atoms with E-state index in [0.717, 1.165) is 16.5 Å². The van der Waals surface area contributed by atoms with Crippen LogP contribution in [-0.2, 0) is 11.3 Å². The number of ether oxygens (including phenoxy) is 1. The van der Waals surface area contributed by atoms with Crippen molar-refractivity contribution >= 4 is 22.0 Å². The minimum absolute atomic E-state index is 0.0964. The zero-order valence-corrected chi connectivity index (χ0v) is 14.0. The lowest BCUT2D eigenvalue weighted by Crippen LogP contribution is -2.36. The Kier molecular flexibility index (Phi) is 4.88. The van der Waals surface area contributed by atoms with E-state index < -0.39 is 5.60 Å². The molecule has 0 bridgehead atoms. The molecule has 1 saturated carbocycles. The van der Waals surface area contributed by atoms with Crippen molar-refractivity contribution in [3.05, 3.63) is 34.1 Å². The highest BCUT2D eigenvalue weighted by molar-refractivity contribution is 9.10. The first-order chi connectivity index (χ1) is 9.74. The maximum Gasteiger partial charge on any atom is 0.407 e. The van der Waals surface area contributed by atoms with E-state index in [2.05, 4.69) is 26.6 Å². The summed E-state index contributed by atoms with van der Waals surface area (Å²) in [4.78, 5) is 11.6. The summed E-state index contributed by atoms with van der Waals surface area (Å²) >= 11 is 3.34. The molecule has 0 saturated heterocycles. The molecule has 2 rings (SSSR count). The van der Waals surface area contributed by atoms with Crippen molar-refractivity contribution in [1.29, 1.82) is 0 Å². The fourth-order valence-corrected chi connectivity index (χ4v) is 2.44. The predicted octanol–water partition coefficient (Wildman–Crippen LogP) is 3.34. The van der Waals surface area contributed by atoms with Crippen LogP contribution in [0.4, 0.5) is 9.18 Å². The highest BCUT2D eigenvalue weighted by atomic mass is 79.9. The standard InChI is InChI=1S/C15H20BrFN2O2/c1-15(2,3)21-14(20)19-13-7-12(13)18-8-9-4-5-10(17)6-11(9)16/h4-6,12-13,18H,7-8H2,1-3H3,(H,19,20). The topological polar surface area (TPSA) is 50.4 Å². The van der Waals surface area contributed by atoms with Crippen LogP contribution in [0.1, 0.15) is 32.8 Å². The number of halogens is 2. The lowest BCUT2D eigenvalue weighted by Gasteiger charge is -2.19. The Morgan fingerprint density at radius 2 is 2.14 bits per heavy atom. The van der Waals surface area contributed by atoms with E-state index >= 15 is 0 Å². The number of carbonyl (C=O) groups excluding carboxylic acids is 1. The van der Waals surface area contributed by atoms with Crippen LogP contribution in [0.5, 0.6) is 0 Å². The Balaban J connectivity index is 1.74. The van der Waals surface area contributed by atoms with Crippen molar-refractivity contribution < 1.29 is 13.9 Å². The molecule has 1 amide bonds. The zero-order valence-electron chi connectivity index (χ0n) is 12.4. The summed E-state index contributed by atoms with van der Waals surface area (Å²) in [5.41, 5.74) is 0.500. The van der Waals surface area contributed by atoms with Crippen LogP contribution in [0.2, 0.25) is 0 Å². The summed E-state index contributed by atoms with van der Waals surface area (Å²) in [7, 11) is 0. The summed E-state index contributed by atoms with van der Waals surface area (Å²) in [5.74, 6) is -0.262. The van der Waals surface area contributed by atoms with Crippen LogP contribution in [0.15, 0.2) is 22.7 Å². The van der Waals surface area contributed by atoms with E-state index in [-0.39, 0.29) is 24.0 Å².